The van der Waals surface area contributed by atoms with Gasteiger partial charge in [-0.15, -0.1) is 22.6 Å². The highest BCUT2D eigenvalue weighted by Crippen LogP contribution is 2.25. The van der Waals surface area contributed by atoms with E-state index in [1.54, 1.807) is 13.8 Å². The Labute approximate surface area is 107 Å². The van der Waals surface area contributed by atoms with Gasteiger partial charge in [0.2, 0.25) is 11.0 Å². The van der Waals surface area contributed by atoms with Gasteiger partial charge in [0.1, 0.15) is 0 Å². The third-order valence-corrected chi connectivity index (χ3v) is 2.91. The van der Waals surface area contributed by atoms with E-state index in [9.17, 15) is 13.6 Å². The third-order valence-electron chi connectivity index (χ3n) is 2.06. The van der Waals surface area contributed by atoms with E-state index < -0.39 is 17.4 Å². The van der Waals surface area contributed by atoms with Crippen molar-refractivity contribution in [1.29, 1.82) is 0 Å². The third kappa shape index (κ3) is 4.49. The molecule has 0 aromatic carbocycles. The molecule has 2 unspecified atom stereocenters. The minimum atomic E-state index is -2.67. The van der Waals surface area contributed by atoms with Gasteiger partial charge in [0.25, 0.3) is 6.43 Å². The molecular weight excluding hydrogens is 274 g/mol. The normalized spacial score (nSPS) is 14.0. The van der Waals surface area contributed by atoms with Crippen molar-refractivity contribution in [2.24, 2.45) is 11.7 Å². The molecule has 1 amide bonds. The lowest BCUT2D eigenvalue weighted by Crippen LogP contribution is -2.34. The number of halogens is 3. The van der Waals surface area contributed by atoms with Crippen molar-refractivity contribution in [3.8, 4) is 0 Å². The Morgan fingerprint density at radius 3 is 2.41 bits per heavy atom. The van der Waals surface area contributed by atoms with Gasteiger partial charge in [-0.3, -0.25) is 4.79 Å². The summed E-state index contributed by atoms with van der Waals surface area (Å²) in [7, 11) is 0. The van der Waals surface area contributed by atoms with Gasteiger partial charge in [-0.25, -0.2) is 8.78 Å². The van der Waals surface area contributed by atoms with Crippen molar-refractivity contribution in [1.82, 2.24) is 10.2 Å². The molecule has 3 N–H and O–H groups in total. The minimum Gasteiger partial charge on any atom is -0.327 e. The first-order chi connectivity index (χ1) is 7.41. The van der Waals surface area contributed by atoms with Crippen LogP contribution in [0.1, 0.15) is 25.3 Å². The molecule has 0 aliphatic carbocycles. The van der Waals surface area contributed by atoms with E-state index in [2.05, 4.69) is 15.5 Å². The Kier molecular flexibility index (Phi) is 6.43. The quantitative estimate of drug-likeness (QED) is 0.885. The summed E-state index contributed by atoms with van der Waals surface area (Å²) in [4.78, 5) is 11.5. The van der Waals surface area contributed by atoms with E-state index in [4.69, 9.17) is 5.73 Å². The van der Waals surface area contributed by atoms with E-state index in [0.717, 1.165) is 0 Å². The van der Waals surface area contributed by atoms with Gasteiger partial charge in [-0.05, 0) is 6.92 Å². The molecule has 0 saturated carbocycles. The predicted octanol–water partition coefficient (Wildman–Crippen LogP) is 1.82. The molecule has 0 bridgehead atoms. The maximum absolute atomic E-state index is 12.2. The van der Waals surface area contributed by atoms with E-state index in [0.29, 0.717) is 11.3 Å². The van der Waals surface area contributed by atoms with Crippen LogP contribution in [0.15, 0.2) is 0 Å². The summed E-state index contributed by atoms with van der Waals surface area (Å²) < 4.78 is 24.4. The van der Waals surface area contributed by atoms with Gasteiger partial charge >= 0.3 is 0 Å². The summed E-state index contributed by atoms with van der Waals surface area (Å²) in [5, 5.41) is 8.72. The van der Waals surface area contributed by atoms with Gasteiger partial charge in [-0.2, -0.15) is 0 Å². The number of anilines is 1. The van der Waals surface area contributed by atoms with Crippen LogP contribution in [-0.2, 0) is 4.79 Å². The number of nitrogens with zero attached hydrogens (tertiary/aromatic N) is 2. The van der Waals surface area contributed by atoms with Crippen LogP contribution in [0, 0.1) is 5.92 Å². The zero-order valence-electron chi connectivity index (χ0n) is 9.18. The molecule has 0 saturated heterocycles. The number of hydrogen-bond donors (Lipinski definition) is 2. The molecule has 17 heavy (non-hydrogen) atoms. The van der Waals surface area contributed by atoms with E-state index in [1.807, 2.05) is 0 Å². The molecule has 0 aliphatic heterocycles. The number of amides is 1. The molecule has 1 aromatic heterocycles. The van der Waals surface area contributed by atoms with Crippen molar-refractivity contribution in [3.05, 3.63) is 5.01 Å². The molecule has 0 spiro atoms. The standard InChI is InChI=1S/C8H12F2N4OS.ClH/c1-3(4(2)11)6(15)12-8-14-13-7(16-8)5(9)10;/h3-5H,11H2,1-2H3,(H,12,14,15);1H. The van der Waals surface area contributed by atoms with Gasteiger partial charge in [0.15, 0.2) is 5.01 Å². The Morgan fingerprint density at radius 2 is 2.00 bits per heavy atom. The lowest BCUT2D eigenvalue weighted by Gasteiger charge is -2.13. The smallest absolute Gasteiger partial charge is 0.291 e. The number of nitrogens with two attached hydrogens (primary N) is 1. The Balaban J connectivity index is 0.00000256. The number of hydrogen-bond acceptors (Lipinski definition) is 5. The topological polar surface area (TPSA) is 80.9 Å². The molecule has 1 aromatic rings. The van der Waals surface area contributed by atoms with Crippen molar-refractivity contribution >= 4 is 34.8 Å². The van der Waals surface area contributed by atoms with Gasteiger partial charge in [0, 0.05) is 6.04 Å². The van der Waals surface area contributed by atoms with Crippen LogP contribution in [0.5, 0.6) is 0 Å². The number of nitrogens with one attached hydrogen (secondary N) is 1. The number of rotatable bonds is 4. The van der Waals surface area contributed by atoms with Crippen molar-refractivity contribution in [2.75, 3.05) is 5.32 Å². The highest BCUT2D eigenvalue weighted by molar-refractivity contribution is 7.15. The van der Waals surface area contributed by atoms with Crippen molar-refractivity contribution in [2.45, 2.75) is 26.3 Å². The fourth-order valence-electron chi connectivity index (χ4n) is 0.831. The number of aromatic nitrogens is 2. The molecule has 0 fully saturated rings. The molecule has 5 nitrogen and oxygen atoms in total. The summed E-state index contributed by atoms with van der Waals surface area (Å²) >= 11 is 0.653. The van der Waals surface area contributed by atoms with Crippen LogP contribution in [0.2, 0.25) is 0 Å². The minimum absolute atomic E-state index is 0. The van der Waals surface area contributed by atoms with Crippen LogP contribution in [0.25, 0.3) is 0 Å². The molecule has 98 valence electrons. The molecule has 9 heteroatoms. The largest absolute Gasteiger partial charge is 0.327 e. The number of alkyl halides is 2. The first-order valence-electron chi connectivity index (χ1n) is 4.59. The second-order valence-corrected chi connectivity index (χ2v) is 4.39. The zero-order valence-corrected chi connectivity index (χ0v) is 10.8. The van der Waals surface area contributed by atoms with E-state index in [1.165, 1.54) is 0 Å². The molecular formula is C8H13ClF2N4OS. The van der Waals surface area contributed by atoms with Crippen LogP contribution < -0.4 is 11.1 Å². The fourth-order valence-corrected chi connectivity index (χ4v) is 1.43. The first kappa shape index (κ1) is 16.1. The Hall–Kier alpha value is -0.860. The van der Waals surface area contributed by atoms with Gasteiger partial charge in [0.05, 0.1) is 5.92 Å². The molecule has 2 atom stereocenters. The fraction of sp³-hybridized carbons (Fsp3) is 0.625. The molecule has 1 heterocycles. The van der Waals surface area contributed by atoms with Crippen LogP contribution in [0.3, 0.4) is 0 Å². The zero-order chi connectivity index (χ0) is 12.3. The maximum atomic E-state index is 12.2. The summed E-state index contributed by atoms with van der Waals surface area (Å²) in [6, 6.07) is -0.317. The van der Waals surface area contributed by atoms with Crippen LogP contribution in [-0.4, -0.2) is 22.1 Å². The summed E-state index contributed by atoms with van der Waals surface area (Å²) in [6.45, 7) is 3.34. The highest BCUT2D eigenvalue weighted by atomic mass is 35.5. The molecule has 1 rings (SSSR count). The van der Waals surface area contributed by atoms with Crippen molar-refractivity contribution in [3.63, 3.8) is 0 Å². The monoisotopic (exact) mass is 286 g/mol. The highest BCUT2D eigenvalue weighted by Gasteiger charge is 2.20. The Bertz CT molecular complexity index is 374. The SMILES string of the molecule is CC(N)C(C)C(=O)Nc1nnc(C(F)F)s1.Cl. The second kappa shape index (κ2) is 6.77. The van der Waals surface area contributed by atoms with E-state index >= 15 is 0 Å². The van der Waals surface area contributed by atoms with Gasteiger partial charge in [-0.1, -0.05) is 18.3 Å². The Morgan fingerprint density at radius 1 is 1.41 bits per heavy atom. The van der Waals surface area contributed by atoms with Gasteiger partial charge < -0.3 is 11.1 Å². The van der Waals surface area contributed by atoms with E-state index in [-0.39, 0.29) is 29.5 Å². The lowest BCUT2D eigenvalue weighted by atomic mass is 10.0. The molecule has 0 aliphatic rings. The van der Waals surface area contributed by atoms with Crippen LogP contribution >= 0.6 is 23.7 Å². The maximum Gasteiger partial charge on any atom is 0.291 e. The number of carbonyl (C=O) groups is 1. The average molecular weight is 287 g/mol. The summed E-state index contributed by atoms with van der Waals surface area (Å²) in [5.41, 5.74) is 5.53. The van der Waals surface area contributed by atoms with Crippen LogP contribution in [0.4, 0.5) is 13.9 Å². The lowest BCUT2D eigenvalue weighted by molar-refractivity contribution is -0.119. The summed E-state index contributed by atoms with van der Waals surface area (Å²) in [5.74, 6) is -0.772. The predicted molar refractivity (Wildman–Crippen MR) is 63.6 cm³/mol. The average Bonchev–Trinajstić information content (AvgIpc) is 2.64. The second-order valence-electron chi connectivity index (χ2n) is 3.38. The summed E-state index contributed by atoms with van der Waals surface area (Å²) in [6.07, 6.45) is -2.67. The van der Waals surface area contributed by atoms with Crippen molar-refractivity contribution < 1.29 is 13.6 Å². The first-order valence-corrected chi connectivity index (χ1v) is 5.41. The number of carbonyl (C=O) groups excluding carboxylic acids is 1. The molecule has 0 radical (unpaired) electrons.